The van der Waals surface area contributed by atoms with Gasteiger partial charge in [-0.1, -0.05) is 12.1 Å². The summed E-state index contributed by atoms with van der Waals surface area (Å²) in [4.78, 5) is 16.1. The van der Waals surface area contributed by atoms with Crippen LogP contribution in [0.4, 0.5) is 0 Å². The van der Waals surface area contributed by atoms with Crippen molar-refractivity contribution >= 4 is 27.5 Å². The van der Waals surface area contributed by atoms with Gasteiger partial charge in [-0.15, -0.1) is 11.3 Å². The van der Waals surface area contributed by atoms with Crippen LogP contribution >= 0.6 is 11.3 Å². The molecule has 2 N–H and O–H groups in total. The minimum atomic E-state index is -0.0812. The maximum Gasteiger partial charge on any atom is 0.280 e. The lowest BCUT2D eigenvalue weighted by Crippen LogP contribution is -2.26. The van der Waals surface area contributed by atoms with E-state index < -0.39 is 0 Å². The maximum atomic E-state index is 11.8. The Bertz CT molecular complexity index is 476. The minimum Gasteiger partial charge on any atom is -0.350 e. The number of hydrogen-bond acceptors (Lipinski definition) is 4. The third-order valence-electron chi connectivity index (χ3n) is 2.38. The summed E-state index contributed by atoms with van der Waals surface area (Å²) in [6.07, 6.45) is 0.924. The molecule has 1 aromatic carbocycles. The van der Waals surface area contributed by atoms with Gasteiger partial charge >= 0.3 is 0 Å². The van der Waals surface area contributed by atoms with Gasteiger partial charge in [-0.25, -0.2) is 4.98 Å². The van der Waals surface area contributed by atoms with E-state index in [9.17, 15) is 4.79 Å². The van der Waals surface area contributed by atoms with E-state index in [0.717, 1.165) is 23.2 Å². The van der Waals surface area contributed by atoms with Gasteiger partial charge in [0.05, 0.1) is 10.2 Å². The van der Waals surface area contributed by atoms with Gasteiger partial charge in [0.2, 0.25) is 0 Å². The number of aromatic nitrogens is 1. The molecule has 2 aromatic rings. The third-order valence-corrected chi connectivity index (χ3v) is 3.41. The van der Waals surface area contributed by atoms with Crippen molar-refractivity contribution in [3.63, 3.8) is 0 Å². The molecule has 0 aliphatic rings. The molecule has 1 heterocycles. The van der Waals surface area contributed by atoms with Crippen LogP contribution in [-0.2, 0) is 0 Å². The Hall–Kier alpha value is -1.46. The first-order valence-corrected chi connectivity index (χ1v) is 6.41. The number of carbonyl (C=O) groups excluding carboxylic acids is 1. The molecule has 0 radical (unpaired) electrons. The second kappa shape index (κ2) is 5.75. The molecular formula is C12H15N3OS. The Morgan fingerprint density at radius 2 is 2.18 bits per heavy atom. The van der Waals surface area contributed by atoms with Crippen LogP contribution in [0.2, 0.25) is 0 Å². The number of hydrogen-bond donors (Lipinski definition) is 2. The lowest BCUT2D eigenvalue weighted by molar-refractivity contribution is 0.0953. The van der Waals surface area contributed by atoms with Gasteiger partial charge < -0.3 is 10.6 Å². The Kier molecular flexibility index (Phi) is 4.06. The predicted molar refractivity (Wildman–Crippen MR) is 70.5 cm³/mol. The van der Waals surface area contributed by atoms with Crippen molar-refractivity contribution in [1.29, 1.82) is 0 Å². The van der Waals surface area contributed by atoms with Crippen LogP contribution in [0.15, 0.2) is 24.3 Å². The number of amides is 1. The molecule has 0 bridgehead atoms. The first-order valence-electron chi connectivity index (χ1n) is 5.59. The summed E-state index contributed by atoms with van der Waals surface area (Å²) in [6.45, 7) is 1.58. The lowest BCUT2D eigenvalue weighted by atomic mass is 10.3. The molecule has 17 heavy (non-hydrogen) atoms. The first-order chi connectivity index (χ1) is 8.31. The monoisotopic (exact) mass is 249 g/mol. The number of para-hydroxylation sites is 1. The van der Waals surface area contributed by atoms with Gasteiger partial charge in [-0.3, -0.25) is 4.79 Å². The molecule has 1 aromatic heterocycles. The number of nitrogens with zero attached hydrogens (tertiary/aromatic N) is 1. The second-order valence-corrected chi connectivity index (χ2v) is 4.73. The predicted octanol–water partition coefficient (Wildman–Crippen LogP) is 1.64. The zero-order valence-electron chi connectivity index (χ0n) is 9.69. The van der Waals surface area contributed by atoms with Gasteiger partial charge in [0, 0.05) is 6.54 Å². The van der Waals surface area contributed by atoms with Crippen LogP contribution in [0, 0.1) is 0 Å². The summed E-state index contributed by atoms with van der Waals surface area (Å²) >= 11 is 1.43. The number of nitrogens with one attached hydrogen (secondary N) is 2. The molecular weight excluding hydrogens is 234 g/mol. The highest BCUT2D eigenvalue weighted by atomic mass is 32.1. The van der Waals surface area contributed by atoms with Crippen molar-refractivity contribution in [3.8, 4) is 0 Å². The summed E-state index contributed by atoms with van der Waals surface area (Å²) < 4.78 is 1.05. The fourth-order valence-corrected chi connectivity index (χ4v) is 2.39. The molecule has 0 spiro atoms. The topological polar surface area (TPSA) is 54.0 Å². The van der Waals surface area contributed by atoms with Crippen LogP contribution in [0.1, 0.15) is 16.2 Å². The van der Waals surface area contributed by atoms with Gasteiger partial charge in [-0.05, 0) is 32.1 Å². The van der Waals surface area contributed by atoms with Crippen molar-refractivity contribution < 1.29 is 4.79 Å². The van der Waals surface area contributed by atoms with E-state index in [4.69, 9.17) is 0 Å². The largest absolute Gasteiger partial charge is 0.350 e. The molecule has 4 nitrogen and oxygen atoms in total. The van der Waals surface area contributed by atoms with Gasteiger partial charge in [0.1, 0.15) is 0 Å². The Morgan fingerprint density at radius 1 is 1.35 bits per heavy atom. The average Bonchev–Trinajstić information content (AvgIpc) is 2.78. The zero-order valence-corrected chi connectivity index (χ0v) is 10.5. The SMILES string of the molecule is CNCCCNC(=O)c1nc2ccccc2s1. The molecule has 2 rings (SSSR count). The number of fused-ring (bicyclic) bond motifs is 1. The normalized spacial score (nSPS) is 10.6. The molecule has 0 atom stereocenters. The standard InChI is InChI=1S/C12H15N3OS/c1-13-7-4-8-14-11(16)12-15-9-5-2-3-6-10(9)17-12/h2-3,5-6,13H,4,7-8H2,1H3,(H,14,16). The lowest BCUT2D eigenvalue weighted by Gasteiger charge is -2.01. The van der Waals surface area contributed by atoms with E-state index in [1.165, 1.54) is 11.3 Å². The van der Waals surface area contributed by atoms with E-state index in [1.54, 1.807) is 0 Å². The molecule has 0 fully saturated rings. The third kappa shape index (κ3) is 3.01. The van der Waals surface area contributed by atoms with E-state index in [1.807, 2.05) is 31.3 Å². The fraction of sp³-hybridized carbons (Fsp3) is 0.333. The van der Waals surface area contributed by atoms with Gasteiger partial charge in [0.15, 0.2) is 5.01 Å². The van der Waals surface area contributed by atoms with E-state index in [-0.39, 0.29) is 5.91 Å². The van der Waals surface area contributed by atoms with Gasteiger partial charge in [-0.2, -0.15) is 0 Å². The van der Waals surface area contributed by atoms with Crippen molar-refractivity contribution in [2.75, 3.05) is 20.1 Å². The second-order valence-electron chi connectivity index (χ2n) is 3.70. The number of thiazole rings is 1. The summed E-state index contributed by atoms with van der Waals surface area (Å²) in [7, 11) is 1.90. The molecule has 0 aliphatic carbocycles. The summed E-state index contributed by atoms with van der Waals surface area (Å²) in [5, 5.41) is 6.44. The Balaban J connectivity index is 1.99. The van der Waals surface area contributed by atoms with Crippen molar-refractivity contribution in [1.82, 2.24) is 15.6 Å². The van der Waals surface area contributed by atoms with Crippen molar-refractivity contribution in [2.24, 2.45) is 0 Å². The average molecular weight is 249 g/mol. The highest BCUT2D eigenvalue weighted by Gasteiger charge is 2.10. The quantitative estimate of drug-likeness (QED) is 0.792. The number of carbonyl (C=O) groups is 1. The maximum absolute atomic E-state index is 11.8. The Morgan fingerprint density at radius 3 is 2.94 bits per heavy atom. The molecule has 90 valence electrons. The molecule has 0 saturated heterocycles. The van der Waals surface area contributed by atoms with E-state index in [2.05, 4.69) is 15.6 Å². The van der Waals surface area contributed by atoms with Crippen molar-refractivity contribution in [3.05, 3.63) is 29.3 Å². The first kappa shape index (κ1) is 12.0. The highest BCUT2D eigenvalue weighted by molar-refractivity contribution is 7.20. The van der Waals surface area contributed by atoms with Crippen LogP contribution in [-0.4, -0.2) is 31.0 Å². The van der Waals surface area contributed by atoms with E-state index in [0.29, 0.717) is 11.6 Å². The molecule has 0 aliphatic heterocycles. The number of rotatable bonds is 5. The van der Waals surface area contributed by atoms with Crippen LogP contribution < -0.4 is 10.6 Å². The molecule has 1 amide bonds. The summed E-state index contributed by atoms with van der Waals surface area (Å²) in [5.41, 5.74) is 0.887. The molecule has 5 heteroatoms. The molecule has 0 unspecified atom stereocenters. The fourth-order valence-electron chi connectivity index (χ4n) is 1.51. The van der Waals surface area contributed by atoms with Crippen molar-refractivity contribution in [2.45, 2.75) is 6.42 Å². The van der Waals surface area contributed by atoms with Crippen LogP contribution in [0.5, 0.6) is 0 Å². The summed E-state index contributed by atoms with van der Waals surface area (Å²) in [6, 6.07) is 7.78. The minimum absolute atomic E-state index is 0.0812. The zero-order chi connectivity index (χ0) is 12.1. The van der Waals surface area contributed by atoms with E-state index >= 15 is 0 Å². The summed E-state index contributed by atoms with van der Waals surface area (Å²) in [5.74, 6) is -0.0812. The van der Waals surface area contributed by atoms with Crippen LogP contribution in [0.3, 0.4) is 0 Å². The smallest absolute Gasteiger partial charge is 0.280 e. The molecule has 0 saturated carbocycles. The Labute approximate surface area is 104 Å². The van der Waals surface area contributed by atoms with Gasteiger partial charge in [0.25, 0.3) is 5.91 Å². The highest BCUT2D eigenvalue weighted by Crippen LogP contribution is 2.21. The number of benzene rings is 1. The van der Waals surface area contributed by atoms with Crippen LogP contribution in [0.25, 0.3) is 10.2 Å².